The third-order valence-electron chi connectivity index (χ3n) is 5.04. The van der Waals surface area contributed by atoms with Gasteiger partial charge in [0, 0.05) is 16.6 Å². The number of halogens is 1. The van der Waals surface area contributed by atoms with E-state index < -0.39 is 6.10 Å². The third-order valence-corrected chi connectivity index (χ3v) is 5.57. The Labute approximate surface area is 175 Å². The molecular weight excluding hydrogens is 420 g/mol. The molecule has 1 aliphatic rings. The first-order chi connectivity index (χ1) is 13.6. The molecular formula is C22H27BrN2O3. The van der Waals surface area contributed by atoms with E-state index in [1.54, 1.807) is 14.0 Å². The Morgan fingerprint density at radius 3 is 2.50 bits per heavy atom. The van der Waals surface area contributed by atoms with E-state index in [0.717, 1.165) is 28.9 Å². The molecule has 0 saturated carbocycles. The summed E-state index contributed by atoms with van der Waals surface area (Å²) in [4.78, 5) is 15.0. The topological polar surface area (TPSA) is 50.8 Å². The zero-order valence-corrected chi connectivity index (χ0v) is 17.9. The number of benzene rings is 2. The summed E-state index contributed by atoms with van der Waals surface area (Å²) in [5.74, 6) is 1.40. The highest BCUT2D eigenvalue weighted by Gasteiger charge is 2.27. The van der Waals surface area contributed by atoms with Crippen molar-refractivity contribution in [2.45, 2.75) is 31.9 Å². The van der Waals surface area contributed by atoms with Gasteiger partial charge in [0.1, 0.15) is 11.5 Å². The third kappa shape index (κ3) is 5.26. The van der Waals surface area contributed by atoms with Gasteiger partial charge in [0.25, 0.3) is 5.91 Å². The van der Waals surface area contributed by atoms with Crippen LogP contribution in [0.3, 0.4) is 0 Å². The molecule has 3 rings (SSSR count). The average molecular weight is 447 g/mol. The van der Waals surface area contributed by atoms with Crippen LogP contribution in [0.1, 0.15) is 31.4 Å². The van der Waals surface area contributed by atoms with E-state index in [4.69, 9.17) is 9.47 Å². The van der Waals surface area contributed by atoms with Crippen LogP contribution in [0.15, 0.2) is 53.0 Å². The Morgan fingerprint density at radius 2 is 1.82 bits per heavy atom. The lowest BCUT2D eigenvalue weighted by atomic mass is 10.0. The summed E-state index contributed by atoms with van der Waals surface area (Å²) in [5.41, 5.74) is 1.11. The Hall–Kier alpha value is -2.05. The highest BCUT2D eigenvalue weighted by molar-refractivity contribution is 9.10. The molecule has 0 bridgehead atoms. The van der Waals surface area contributed by atoms with E-state index in [9.17, 15) is 4.79 Å². The molecule has 0 radical (unpaired) electrons. The van der Waals surface area contributed by atoms with E-state index in [-0.39, 0.29) is 11.9 Å². The zero-order chi connectivity index (χ0) is 19.9. The molecule has 2 atom stereocenters. The Kier molecular flexibility index (Phi) is 7.34. The normalized spacial score (nSPS) is 16.4. The van der Waals surface area contributed by atoms with Crippen molar-refractivity contribution in [1.29, 1.82) is 0 Å². The van der Waals surface area contributed by atoms with E-state index in [0.29, 0.717) is 12.3 Å². The number of amides is 1. The number of nitrogens with zero attached hydrogens (tertiary/aromatic N) is 1. The second-order valence-corrected chi connectivity index (χ2v) is 7.88. The van der Waals surface area contributed by atoms with E-state index in [1.807, 2.05) is 42.5 Å². The van der Waals surface area contributed by atoms with Crippen LogP contribution in [-0.4, -0.2) is 43.7 Å². The van der Waals surface area contributed by atoms with Gasteiger partial charge in [-0.3, -0.25) is 9.69 Å². The highest BCUT2D eigenvalue weighted by atomic mass is 79.9. The van der Waals surface area contributed by atoms with Gasteiger partial charge in [-0.2, -0.15) is 0 Å². The number of rotatable bonds is 8. The van der Waals surface area contributed by atoms with Crippen LogP contribution in [0, 0.1) is 0 Å². The Bertz CT molecular complexity index is 776. The van der Waals surface area contributed by atoms with Crippen molar-refractivity contribution >= 4 is 21.8 Å². The molecule has 2 aromatic carbocycles. The van der Waals surface area contributed by atoms with Gasteiger partial charge < -0.3 is 14.8 Å². The van der Waals surface area contributed by atoms with Gasteiger partial charge in [-0.1, -0.05) is 34.1 Å². The molecule has 1 N–H and O–H groups in total. The van der Waals surface area contributed by atoms with Crippen LogP contribution < -0.4 is 14.8 Å². The lowest BCUT2D eigenvalue weighted by Crippen LogP contribution is -2.42. The van der Waals surface area contributed by atoms with Gasteiger partial charge in [-0.15, -0.1) is 0 Å². The van der Waals surface area contributed by atoms with Crippen LogP contribution in [0.4, 0.5) is 0 Å². The lowest BCUT2D eigenvalue weighted by molar-refractivity contribution is -0.127. The SMILES string of the molecule is COc1ccccc1[C@H](CNC(=O)[C@H](C)Oc1ccc(Br)cc1)N1CCCC1. The highest BCUT2D eigenvalue weighted by Crippen LogP contribution is 2.31. The van der Waals surface area contributed by atoms with Crippen LogP contribution in [-0.2, 0) is 4.79 Å². The van der Waals surface area contributed by atoms with E-state index >= 15 is 0 Å². The summed E-state index contributed by atoms with van der Waals surface area (Å²) in [6.45, 7) is 4.35. The molecule has 6 heteroatoms. The van der Waals surface area contributed by atoms with Crippen molar-refractivity contribution in [2.24, 2.45) is 0 Å². The van der Waals surface area contributed by atoms with Gasteiger partial charge >= 0.3 is 0 Å². The quantitative estimate of drug-likeness (QED) is 0.660. The minimum absolute atomic E-state index is 0.0856. The minimum atomic E-state index is -0.571. The second-order valence-electron chi connectivity index (χ2n) is 6.96. The predicted octanol–water partition coefficient (Wildman–Crippen LogP) is 4.18. The van der Waals surface area contributed by atoms with E-state index in [1.165, 1.54) is 12.8 Å². The summed E-state index contributed by atoms with van der Waals surface area (Å²) in [6.07, 6.45) is 1.80. The largest absolute Gasteiger partial charge is 0.496 e. The van der Waals surface area contributed by atoms with Crippen molar-refractivity contribution < 1.29 is 14.3 Å². The number of hydrogen-bond acceptors (Lipinski definition) is 4. The number of likely N-dealkylation sites (tertiary alicyclic amines) is 1. The number of carbonyl (C=O) groups is 1. The van der Waals surface area contributed by atoms with Crippen LogP contribution in [0.5, 0.6) is 11.5 Å². The number of carbonyl (C=O) groups excluding carboxylic acids is 1. The van der Waals surface area contributed by atoms with Crippen molar-refractivity contribution in [3.8, 4) is 11.5 Å². The Morgan fingerprint density at radius 1 is 1.14 bits per heavy atom. The molecule has 5 nitrogen and oxygen atoms in total. The van der Waals surface area contributed by atoms with Crippen LogP contribution >= 0.6 is 15.9 Å². The average Bonchev–Trinajstić information content (AvgIpc) is 3.24. The first-order valence-corrected chi connectivity index (χ1v) is 10.4. The number of nitrogens with one attached hydrogen (secondary N) is 1. The summed E-state index contributed by atoms with van der Waals surface area (Å²) in [5, 5.41) is 3.07. The van der Waals surface area contributed by atoms with Gasteiger partial charge in [-0.05, 0) is 63.2 Å². The first kappa shape index (κ1) is 20.7. The van der Waals surface area contributed by atoms with E-state index in [2.05, 4.69) is 32.2 Å². The lowest BCUT2D eigenvalue weighted by Gasteiger charge is -2.29. The summed E-state index contributed by atoms with van der Waals surface area (Å²) < 4.78 is 12.3. The molecule has 2 aromatic rings. The second kappa shape index (κ2) is 9.94. The minimum Gasteiger partial charge on any atom is -0.496 e. The number of para-hydroxylation sites is 1. The fraction of sp³-hybridized carbons (Fsp3) is 0.409. The smallest absolute Gasteiger partial charge is 0.260 e. The molecule has 1 saturated heterocycles. The molecule has 150 valence electrons. The maximum atomic E-state index is 12.6. The molecule has 1 fully saturated rings. The monoisotopic (exact) mass is 446 g/mol. The van der Waals surface area contributed by atoms with Crippen molar-refractivity contribution in [3.05, 3.63) is 58.6 Å². The maximum absolute atomic E-state index is 12.6. The van der Waals surface area contributed by atoms with Crippen molar-refractivity contribution in [3.63, 3.8) is 0 Å². The molecule has 0 spiro atoms. The first-order valence-electron chi connectivity index (χ1n) is 9.65. The molecule has 1 aliphatic heterocycles. The number of ether oxygens (including phenoxy) is 2. The fourth-order valence-electron chi connectivity index (χ4n) is 3.54. The Balaban J connectivity index is 1.65. The van der Waals surface area contributed by atoms with Gasteiger partial charge in [0.15, 0.2) is 6.10 Å². The predicted molar refractivity (Wildman–Crippen MR) is 114 cm³/mol. The van der Waals surface area contributed by atoms with Gasteiger partial charge in [-0.25, -0.2) is 0 Å². The van der Waals surface area contributed by atoms with Crippen LogP contribution in [0.2, 0.25) is 0 Å². The standard InChI is InChI=1S/C22H27BrN2O3/c1-16(28-18-11-9-17(23)10-12-18)22(26)24-15-20(25-13-5-6-14-25)19-7-3-4-8-21(19)27-2/h3-4,7-12,16,20H,5-6,13-15H2,1-2H3,(H,24,26)/t16-,20-/m0/s1. The zero-order valence-electron chi connectivity index (χ0n) is 16.4. The van der Waals surface area contributed by atoms with Crippen LogP contribution in [0.25, 0.3) is 0 Å². The molecule has 0 aliphatic carbocycles. The van der Waals surface area contributed by atoms with Gasteiger partial charge in [0.05, 0.1) is 13.2 Å². The molecule has 28 heavy (non-hydrogen) atoms. The number of methoxy groups -OCH3 is 1. The summed E-state index contributed by atoms with van der Waals surface area (Å²) in [7, 11) is 1.69. The van der Waals surface area contributed by atoms with Crippen molar-refractivity contribution in [1.82, 2.24) is 10.2 Å². The molecule has 0 aromatic heterocycles. The summed E-state index contributed by atoms with van der Waals surface area (Å²) in [6, 6.07) is 15.6. The molecule has 1 amide bonds. The maximum Gasteiger partial charge on any atom is 0.260 e. The summed E-state index contributed by atoms with van der Waals surface area (Å²) >= 11 is 3.40. The molecule has 1 heterocycles. The fourth-order valence-corrected chi connectivity index (χ4v) is 3.81. The number of hydrogen-bond donors (Lipinski definition) is 1. The molecule has 0 unspecified atom stereocenters. The van der Waals surface area contributed by atoms with Crippen molar-refractivity contribution in [2.75, 3.05) is 26.7 Å². The van der Waals surface area contributed by atoms with Gasteiger partial charge in [0.2, 0.25) is 0 Å².